The number of hydrogen-bond acceptors (Lipinski definition) is 4. The molecule has 98 valence electrons. The Bertz CT molecular complexity index is 361. The molecule has 0 saturated carbocycles. The molecular weight excluding hydrogens is 238 g/mol. The van der Waals surface area contributed by atoms with Crippen LogP contribution in [0.2, 0.25) is 0 Å². The van der Waals surface area contributed by atoms with Gasteiger partial charge in [-0.25, -0.2) is 13.1 Å². The number of nitrogens with one attached hydrogen (secondary N) is 1. The summed E-state index contributed by atoms with van der Waals surface area (Å²) in [5.41, 5.74) is 0. The highest BCUT2D eigenvalue weighted by atomic mass is 32.2. The van der Waals surface area contributed by atoms with Crippen molar-refractivity contribution in [1.82, 2.24) is 9.62 Å². The Morgan fingerprint density at radius 3 is 2.94 bits per heavy atom. The van der Waals surface area contributed by atoms with Gasteiger partial charge in [0, 0.05) is 19.0 Å². The summed E-state index contributed by atoms with van der Waals surface area (Å²) in [4.78, 5) is 2.30. The van der Waals surface area contributed by atoms with Gasteiger partial charge in [0.25, 0.3) is 0 Å². The maximum absolute atomic E-state index is 11.6. The molecule has 0 aromatic carbocycles. The first-order chi connectivity index (χ1) is 8.09. The molecule has 1 rings (SSSR count). The van der Waals surface area contributed by atoms with Gasteiger partial charge in [0.15, 0.2) is 0 Å². The third-order valence-corrected chi connectivity index (χ3v) is 4.58. The average molecular weight is 259 g/mol. The van der Waals surface area contributed by atoms with Crippen LogP contribution < -0.4 is 4.72 Å². The van der Waals surface area contributed by atoms with Gasteiger partial charge in [0.1, 0.15) is 0 Å². The van der Waals surface area contributed by atoms with Gasteiger partial charge in [-0.2, -0.15) is 5.26 Å². The molecule has 0 radical (unpaired) electrons. The second-order valence-corrected chi connectivity index (χ2v) is 6.28. The van der Waals surface area contributed by atoms with E-state index >= 15 is 0 Å². The minimum absolute atomic E-state index is 0.0550. The Hall–Kier alpha value is -0.640. The molecule has 0 aromatic heterocycles. The predicted molar refractivity (Wildman–Crippen MR) is 66.9 cm³/mol. The number of hydrogen-bond donors (Lipinski definition) is 1. The van der Waals surface area contributed by atoms with E-state index in [1.54, 1.807) is 0 Å². The first-order valence-electron chi connectivity index (χ1n) is 6.17. The van der Waals surface area contributed by atoms with Gasteiger partial charge in [-0.1, -0.05) is 6.92 Å². The number of likely N-dealkylation sites (tertiary alicyclic amines) is 1. The van der Waals surface area contributed by atoms with Crippen molar-refractivity contribution in [3.05, 3.63) is 0 Å². The monoisotopic (exact) mass is 259 g/mol. The lowest BCUT2D eigenvalue weighted by Gasteiger charge is -2.22. The molecule has 0 bridgehead atoms. The molecule has 0 spiro atoms. The van der Waals surface area contributed by atoms with Crippen LogP contribution in [0, 0.1) is 11.3 Å². The van der Waals surface area contributed by atoms with E-state index < -0.39 is 10.0 Å². The third-order valence-electron chi connectivity index (χ3n) is 3.15. The maximum Gasteiger partial charge on any atom is 0.211 e. The second-order valence-electron chi connectivity index (χ2n) is 4.35. The van der Waals surface area contributed by atoms with Crippen LogP contribution in [0.15, 0.2) is 0 Å². The van der Waals surface area contributed by atoms with Crippen LogP contribution in [-0.4, -0.2) is 44.7 Å². The fourth-order valence-electron chi connectivity index (χ4n) is 2.18. The fourth-order valence-corrected chi connectivity index (χ4v) is 3.29. The van der Waals surface area contributed by atoms with Gasteiger partial charge in [-0.05, 0) is 32.4 Å². The molecule has 1 saturated heterocycles. The fraction of sp³-hybridized carbons (Fsp3) is 0.909. The van der Waals surface area contributed by atoms with E-state index in [9.17, 15) is 8.42 Å². The zero-order valence-corrected chi connectivity index (χ0v) is 11.2. The molecule has 1 aliphatic rings. The molecule has 6 heteroatoms. The van der Waals surface area contributed by atoms with Crippen LogP contribution in [0.1, 0.15) is 32.6 Å². The van der Waals surface area contributed by atoms with Crippen LogP contribution in [0.5, 0.6) is 0 Å². The quantitative estimate of drug-likeness (QED) is 0.683. The van der Waals surface area contributed by atoms with E-state index in [-0.39, 0.29) is 5.75 Å². The van der Waals surface area contributed by atoms with Crippen molar-refractivity contribution < 1.29 is 8.42 Å². The lowest BCUT2D eigenvalue weighted by atomic mass is 10.2. The summed E-state index contributed by atoms with van der Waals surface area (Å²) in [5, 5.41) is 8.36. The van der Waals surface area contributed by atoms with E-state index in [0.29, 0.717) is 25.4 Å². The Labute approximate surface area is 104 Å². The first-order valence-corrected chi connectivity index (χ1v) is 7.82. The molecule has 1 fully saturated rings. The number of nitriles is 1. The van der Waals surface area contributed by atoms with E-state index in [0.717, 1.165) is 25.9 Å². The van der Waals surface area contributed by atoms with E-state index in [1.165, 1.54) is 0 Å². The Balaban J connectivity index is 2.31. The van der Waals surface area contributed by atoms with Crippen molar-refractivity contribution in [3.63, 3.8) is 0 Å². The molecule has 1 atom stereocenters. The molecule has 0 aromatic rings. The number of likely N-dealkylation sites (N-methyl/N-ethyl adjacent to an activating group) is 1. The van der Waals surface area contributed by atoms with Crippen molar-refractivity contribution in [3.8, 4) is 6.07 Å². The summed E-state index contributed by atoms with van der Waals surface area (Å²) in [5.74, 6) is 0.0550. The smallest absolute Gasteiger partial charge is 0.211 e. The standard InChI is InChI=1S/C11H21N3O2S/c1-2-14-8-5-6-11(14)10-13-17(15,16)9-4-3-7-12/h11,13H,2-6,8-10H2,1H3. The second kappa shape index (κ2) is 6.94. The lowest BCUT2D eigenvalue weighted by Crippen LogP contribution is -2.40. The lowest BCUT2D eigenvalue weighted by molar-refractivity contribution is 0.268. The molecule has 17 heavy (non-hydrogen) atoms. The van der Waals surface area contributed by atoms with Crippen molar-refractivity contribution in [2.45, 2.75) is 38.6 Å². The zero-order valence-electron chi connectivity index (χ0n) is 10.4. The van der Waals surface area contributed by atoms with Crippen LogP contribution in [-0.2, 0) is 10.0 Å². The van der Waals surface area contributed by atoms with E-state index in [4.69, 9.17) is 5.26 Å². The molecule has 1 heterocycles. The van der Waals surface area contributed by atoms with Crippen LogP contribution in [0.3, 0.4) is 0 Å². The SMILES string of the molecule is CCN1CCCC1CNS(=O)(=O)CCCC#N. The third kappa shape index (κ3) is 5.02. The normalized spacial score (nSPS) is 21.5. The van der Waals surface area contributed by atoms with Gasteiger partial charge < -0.3 is 0 Å². The highest BCUT2D eigenvalue weighted by Gasteiger charge is 2.24. The molecule has 0 amide bonds. The average Bonchev–Trinajstić information content (AvgIpc) is 2.74. The Morgan fingerprint density at radius 1 is 1.53 bits per heavy atom. The topological polar surface area (TPSA) is 73.2 Å². The first kappa shape index (κ1) is 14.4. The Kier molecular flexibility index (Phi) is 5.89. The molecule has 1 N–H and O–H groups in total. The molecule has 1 aliphatic heterocycles. The minimum atomic E-state index is -3.20. The molecular formula is C11H21N3O2S. The van der Waals surface area contributed by atoms with Gasteiger partial charge in [-0.3, -0.25) is 4.90 Å². The molecule has 0 aliphatic carbocycles. The summed E-state index contributed by atoms with van der Waals surface area (Å²) >= 11 is 0. The number of nitrogens with zero attached hydrogens (tertiary/aromatic N) is 2. The van der Waals surface area contributed by atoms with Crippen molar-refractivity contribution in [2.24, 2.45) is 0 Å². The van der Waals surface area contributed by atoms with Crippen LogP contribution in [0.25, 0.3) is 0 Å². The molecule has 1 unspecified atom stereocenters. The summed E-state index contributed by atoms with van der Waals surface area (Å²) in [6.07, 6.45) is 2.92. The zero-order chi connectivity index (χ0) is 12.7. The highest BCUT2D eigenvalue weighted by Crippen LogP contribution is 2.15. The maximum atomic E-state index is 11.6. The summed E-state index contributed by atoms with van der Waals surface area (Å²) in [6.45, 7) is 4.64. The summed E-state index contributed by atoms with van der Waals surface area (Å²) in [7, 11) is -3.20. The summed E-state index contributed by atoms with van der Waals surface area (Å²) in [6, 6.07) is 2.29. The number of rotatable bonds is 7. The van der Waals surface area contributed by atoms with Crippen LogP contribution >= 0.6 is 0 Å². The highest BCUT2D eigenvalue weighted by molar-refractivity contribution is 7.89. The van der Waals surface area contributed by atoms with Crippen molar-refractivity contribution in [1.29, 1.82) is 5.26 Å². The van der Waals surface area contributed by atoms with Gasteiger partial charge in [-0.15, -0.1) is 0 Å². The van der Waals surface area contributed by atoms with Crippen molar-refractivity contribution >= 4 is 10.0 Å². The number of sulfonamides is 1. The van der Waals surface area contributed by atoms with Gasteiger partial charge >= 0.3 is 0 Å². The van der Waals surface area contributed by atoms with Crippen molar-refractivity contribution in [2.75, 3.05) is 25.4 Å². The summed E-state index contributed by atoms with van der Waals surface area (Å²) < 4.78 is 25.9. The predicted octanol–water partition coefficient (Wildman–Crippen LogP) is 0.694. The van der Waals surface area contributed by atoms with Gasteiger partial charge in [0.05, 0.1) is 11.8 Å². The minimum Gasteiger partial charge on any atom is -0.299 e. The number of unbranched alkanes of at least 4 members (excludes halogenated alkanes) is 1. The van der Waals surface area contributed by atoms with E-state index in [2.05, 4.69) is 16.5 Å². The Morgan fingerprint density at radius 2 is 2.29 bits per heavy atom. The molecule has 5 nitrogen and oxygen atoms in total. The van der Waals surface area contributed by atoms with E-state index in [1.807, 2.05) is 6.07 Å². The largest absolute Gasteiger partial charge is 0.299 e. The van der Waals surface area contributed by atoms with Gasteiger partial charge in [0.2, 0.25) is 10.0 Å². The van der Waals surface area contributed by atoms with Crippen LogP contribution in [0.4, 0.5) is 0 Å².